The second-order valence-electron chi connectivity index (χ2n) is 8.15. The standard InChI is InChI=1S/C21H28N2O5/c1-14(2)18(22-17(24)10-15-6-4-3-5-7-15)19(25)23-11-16-12-28-9-8-21(16,13-23)20(26)27/h3-7,14,16,18H,8-13H2,1-2H3,(H,22,24)(H,26,27)/t16-,18?,21+/m0/s1. The van der Waals surface area contributed by atoms with Crippen molar-refractivity contribution >= 4 is 17.8 Å². The Labute approximate surface area is 165 Å². The van der Waals surface area contributed by atoms with Gasteiger partial charge in [-0.05, 0) is 17.9 Å². The second-order valence-corrected chi connectivity index (χ2v) is 8.15. The molecule has 152 valence electrons. The molecule has 0 aliphatic carbocycles. The largest absolute Gasteiger partial charge is 0.481 e. The van der Waals surface area contributed by atoms with Gasteiger partial charge in [-0.2, -0.15) is 0 Å². The van der Waals surface area contributed by atoms with Crippen molar-refractivity contribution in [3.05, 3.63) is 35.9 Å². The van der Waals surface area contributed by atoms with Crippen molar-refractivity contribution < 1.29 is 24.2 Å². The van der Waals surface area contributed by atoms with Crippen LogP contribution in [0.25, 0.3) is 0 Å². The van der Waals surface area contributed by atoms with E-state index >= 15 is 0 Å². The van der Waals surface area contributed by atoms with Gasteiger partial charge >= 0.3 is 5.97 Å². The number of carboxylic acid groups (broad SMARTS) is 1. The van der Waals surface area contributed by atoms with Crippen LogP contribution in [0.15, 0.2) is 30.3 Å². The molecule has 0 radical (unpaired) electrons. The third-order valence-electron chi connectivity index (χ3n) is 5.90. The van der Waals surface area contributed by atoms with Gasteiger partial charge < -0.3 is 20.1 Å². The summed E-state index contributed by atoms with van der Waals surface area (Å²) in [5.74, 6) is -1.62. The molecule has 1 unspecified atom stereocenters. The number of nitrogens with one attached hydrogen (secondary N) is 1. The average molecular weight is 388 g/mol. The Kier molecular flexibility index (Phi) is 6.03. The highest BCUT2D eigenvalue weighted by molar-refractivity contribution is 5.89. The Bertz CT molecular complexity index is 736. The van der Waals surface area contributed by atoms with E-state index in [-0.39, 0.29) is 36.6 Å². The van der Waals surface area contributed by atoms with Crippen LogP contribution in [0.1, 0.15) is 25.8 Å². The predicted octanol–water partition coefficient (Wildman–Crippen LogP) is 1.32. The van der Waals surface area contributed by atoms with Crippen LogP contribution in [0.5, 0.6) is 0 Å². The number of hydrogen-bond donors (Lipinski definition) is 2. The van der Waals surface area contributed by atoms with Crippen LogP contribution in [0.3, 0.4) is 0 Å². The number of carbonyl (C=O) groups excluding carboxylic acids is 2. The molecule has 7 heteroatoms. The zero-order chi connectivity index (χ0) is 20.3. The summed E-state index contributed by atoms with van der Waals surface area (Å²) in [5, 5.41) is 12.6. The van der Waals surface area contributed by atoms with E-state index in [1.807, 2.05) is 44.2 Å². The molecule has 1 aromatic rings. The molecule has 3 atom stereocenters. The molecule has 1 aromatic carbocycles. The summed E-state index contributed by atoms with van der Waals surface area (Å²) in [7, 11) is 0. The number of ether oxygens (including phenoxy) is 1. The number of amides is 2. The molecule has 2 amide bonds. The molecule has 3 rings (SSSR count). The maximum absolute atomic E-state index is 13.2. The molecule has 0 spiro atoms. The summed E-state index contributed by atoms with van der Waals surface area (Å²) in [6, 6.07) is 8.68. The zero-order valence-corrected chi connectivity index (χ0v) is 16.4. The Morgan fingerprint density at radius 1 is 1.29 bits per heavy atom. The van der Waals surface area contributed by atoms with Gasteiger partial charge in [-0.3, -0.25) is 14.4 Å². The van der Waals surface area contributed by atoms with Crippen LogP contribution >= 0.6 is 0 Å². The highest BCUT2D eigenvalue weighted by Crippen LogP contribution is 2.42. The van der Waals surface area contributed by atoms with E-state index in [2.05, 4.69) is 5.32 Å². The van der Waals surface area contributed by atoms with Gasteiger partial charge in [0, 0.05) is 25.6 Å². The van der Waals surface area contributed by atoms with Crippen LogP contribution in [0.4, 0.5) is 0 Å². The molecule has 2 heterocycles. The molecule has 0 aromatic heterocycles. The quantitative estimate of drug-likeness (QED) is 0.766. The normalized spacial score (nSPS) is 25.2. The SMILES string of the molecule is CC(C)C(NC(=O)Cc1ccccc1)C(=O)N1C[C@H]2COCC[C@@]2(C(=O)O)C1. The number of aliphatic carboxylic acids is 1. The zero-order valence-electron chi connectivity index (χ0n) is 16.4. The lowest BCUT2D eigenvalue weighted by atomic mass is 9.74. The third-order valence-corrected chi connectivity index (χ3v) is 5.90. The van der Waals surface area contributed by atoms with E-state index < -0.39 is 17.4 Å². The fourth-order valence-corrected chi connectivity index (χ4v) is 4.18. The van der Waals surface area contributed by atoms with Gasteiger partial charge in [0.2, 0.25) is 11.8 Å². The Hall–Kier alpha value is -2.41. The van der Waals surface area contributed by atoms with Crippen molar-refractivity contribution in [2.24, 2.45) is 17.3 Å². The highest BCUT2D eigenvalue weighted by atomic mass is 16.5. The molecule has 2 N–H and O–H groups in total. The Balaban J connectivity index is 1.69. The molecule has 7 nitrogen and oxygen atoms in total. The lowest BCUT2D eigenvalue weighted by Crippen LogP contribution is -2.51. The number of carbonyl (C=O) groups is 3. The molecular weight excluding hydrogens is 360 g/mol. The van der Waals surface area contributed by atoms with Crippen LogP contribution < -0.4 is 5.32 Å². The van der Waals surface area contributed by atoms with Crippen molar-refractivity contribution in [3.8, 4) is 0 Å². The first kappa shape index (κ1) is 20.3. The average Bonchev–Trinajstić information content (AvgIpc) is 3.07. The van der Waals surface area contributed by atoms with Crippen LogP contribution in [0.2, 0.25) is 0 Å². The smallest absolute Gasteiger partial charge is 0.311 e. The van der Waals surface area contributed by atoms with Gasteiger partial charge in [0.05, 0.1) is 18.4 Å². The molecule has 0 saturated carbocycles. The highest BCUT2D eigenvalue weighted by Gasteiger charge is 2.55. The van der Waals surface area contributed by atoms with E-state index in [0.717, 1.165) is 5.56 Å². The van der Waals surface area contributed by atoms with Crippen molar-refractivity contribution in [3.63, 3.8) is 0 Å². The molecule has 28 heavy (non-hydrogen) atoms. The van der Waals surface area contributed by atoms with Crippen LogP contribution in [0, 0.1) is 17.3 Å². The van der Waals surface area contributed by atoms with Gasteiger partial charge in [-0.15, -0.1) is 0 Å². The number of nitrogens with zero attached hydrogens (tertiary/aromatic N) is 1. The van der Waals surface area contributed by atoms with Gasteiger partial charge in [-0.1, -0.05) is 44.2 Å². The van der Waals surface area contributed by atoms with Gasteiger partial charge in [-0.25, -0.2) is 0 Å². The van der Waals surface area contributed by atoms with Crippen molar-refractivity contribution in [2.75, 3.05) is 26.3 Å². The molecule has 2 saturated heterocycles. The van der Waals surface area contributed by atoms with Crippen LogP contribution in [-0.4, -0.2) is 60.1 Å². The first-order chi connectivity index (χ1) is 13.3. The van der Waals surface area contributed by atoms with Crippen molar-refractivity contribution in [1.29, 1.82) is 0 Å². The number of hydrogen-bond acceptors (Lipinski definition) is 4. The number of benzene rings is 1. The van der Waals surface area contributed by atoms with E-state index in [9.17, 15) is 19.5 Å². The first-order valence-corrected chi connectivity index (χ1v) is 9.76. The number of fused-ring (bicyclic) bond motifs is 1. The molecule has 2 fully saturated rings. The summed E-state index contributed by atoms with van der Waals surface area (Å²) >= 11 is 0. The lowest BCUT2D eigenvalue weighted by Gasteiger charge is -2.34. The lowest BCUT2D eigenvalue weighted by molar-refractivity contribution is -0.157. The first-order valence-electron chi connectivity index (χ1n) is 9.76. The van der Waals surface area contributed by atoms with E-state index in [1.54, 1.807) is 4.90 Å². The summed E-state index contributed by atoms with van der Waals surface area (Å²) < 4.78 is 5.45. The maximum Gasteiger partial charge on any atom is 0.311 e. The number of likely N-dealkylation sites (tertiary alicyclic amines) is 1. The van der Waals surface area contributed by atoms with Crippen molar-refractivity contribution in [1.82, 2.24) is 10.2 Å². The number of rotatable bonds is 6. The van der Waals surface area contributed by atoms with Crippen molar-refractivity contribution in [2.45, 2.75) is 32.7 Å². The number of carboxylic acids is 1. The summed E-state index contributed by atoms with van der Waals surface area (Å²) in [5.41, 5.74) is -0.0622. The minimum Gasteiger partial charge on any atom is -0.481 e. The summed E-state index contributed by atoms with van der Waals surface area (Å²) in [4.78, 5) is 39.2. The second kappa shape index (κ2) is 8.31. The third kappa shape index (κ3) is 4.04. The van der Waals surface area contributed by atoms with Gasteiger partial charge in [0.25, 0.3) is 0 Å². The molecule has 0 bridgehead atoms. The summed E-state index contributed by atoms with van der Waals surface area (Å²) in [6.07, 6.45) is 0.607. The fourth-order valence-electron chi connectivity index (χ4n) is 4.18. The fraction of sp³-hybridized carbons (Fsp3) is 0.571. The Morgan fingerprint density at radius 2 is 2.00 bits per heavy atom. The Morgan fingerprint density at radius 3 is 2.61 bits per heavy atom. The summed E-state index contributed by atoms with van der Waals surface area (Å²) in [6.45, 7) is 5.03. The molecular formula is C21H28N2O5. The van der Waals surface area contributed by atoms with Gasteiger partial charge in [0.15, 0.2) is 0 Å². The minimum absolute atomic E-state index is 0.105. The topological polar surface area (TPSA) is 95.9 Å². The molecule has 2 aliphatic rings. The van der Waals surface area contributed by atoms with E-state index in [1.165, 1.54) is 0 Å². The monoisotopic (exact) mass is 388 g/mol. The van der Waals surface area contributed by atoms with Gasteiger partial charge in [0.1, 0.15) is 6.04 Å². The predicted molar refractivity (Wildman–Crippen MR) is 102 cm³/mol. The van der Waals surface area contributed by atoms with Crippen LogP contribution in [-0.2, 0) is 25.5 Å². The van der Waals surface area contributed by atoms with E-state index in [0.29, 0.717) is 26.2 Å². The maximum atomic E-state index is 13.2. The van der Waals surface area contributed by atoms with E-state index in [4.69, 9.17) is 4.74 Å². The minimum atomic E-state index is -0.941. The molecule has 2 aliphatic heterocycles.